The van der Waals surface area contributed by atoms with Gasteiger partial charge in [-0.1, -0.05) is 36.4 Å². The Hall–Kier alpha value is -4.46. The van der Waals surface area contributed by atoms with Crippen LogP contribution in [0.2, 0.25) is 0 Å². The largest absolute Gasteiger partial charge is 0.454 e. The molecule has 2 aliphatic rings. The third-order valence-electron chi connectivity index (χ3n) is 5.15. The van der Waals surface area contributed by atoms with Gasteiger partial charge in [-0.15, -0.1) is 0 Å². The number of rotatable bonds is 6. The summed E-state index contributed by atoms with van der Waals surface area (Å²) in [5.41, 5.74) is 1.96. The molecule has 0 radical (unpaired) electrons. The summed E-state index contributed by atoms with van der Waals surface area (Å²) in [5.74, 6) is 1.67. The van der Waals surface area contributed by atoms with E-state index in [1.165, 1.54) is 6.08 Å². The van der Waals surface area contributed by atoms with E-state index in [0.29, 0.717) is 34.2 Å². The van der Waals surface area contributed by atoms with Gasteiger partial charge in [0.2, 0.25) is 19.5 Å². The maximum absolute atomic E-state index is 13.1. The van der Waals surface area contributed by atoms with Crippen LogP contribution in [0.5, 0.6) is 23.0 Å². The summed E-state index contributed by atoms with van der Waals surface area (Å²) in [6, 6.07) is 18.6. The molecule has 5 rings (SSSR count). The minimum absolute atomic E-state index is 0.144. The van der Waals surface area contributed by atoms with Gasteiger partial charge in [-0.2, -0.15) is 0 Å². The zero-order chi connectivity index (χ0) is 22.6. The Morgan fingerprint density at radius 1 is 0.788 bits per heavy atom. The highest BCUT2D eigenvalue weighted by Crippen LogP contribution is 2.35. The van der Waals surface area contributed by atoms with Gasteiger partial charge in [-0.3, -0.25) is 9.59 Å². The van der Waals surface area contributed by atoms with Gasteiger partial charge in [0.15, 0.2) is 23.0 Å². The van der Waals surface area contributed by atoms with Crippen LogP contribution in [-0.2, 0) is 9.59 Å². The molecule has 0 aromatic heterocycles. The third-order valence-corrected chi connectivity index (χ3v) is 5.15. The molecule has 166 valence electrons. The Kier molecular flexibility index (Phi) is 5.55. The van der Waals surface area contributed by atoms with Crippen molar-refractivity contribution in [3.8, 4) is 23.0 Å². The van der Waals surface area contributed by atoms with Gasteiger partial charge in [0, 0.05) is 17.8 Å². The van der Waals surface area contributed by atoms with Crippen LogP contribution in [-0.4, -0.2) is 25.4 Å². The van der Waals surface area contributed by atoms with E-state index < -0.39 is 11.9 Å². The van der Waals surface area contributed by atoms with Crippen LogP contribution < -0.4 is 29.6 Å². The summed E-state index contributed by atoms with van der Waals surface area (Å²) in [4.78, 5) is 25.8. The van der Waals surface area contributed by atoms with Crippen LogP contribution in [0.15, 0.2) is 72.8 Å². The van der Waals surface area contributed by atoms with E-state index in [-0.39, 0.29) is 19.5 Å². The van der Waals surface area contributed by atoms with Gasteiger partial charge in [0.05, 0.1) is 0 Å². The molecular formula is C25H20N2O6. The quantitative estimate of drug-likeness (QED) is 0.564. The molecule has 8 heteroatoms. The van der Waals surface area contributed by atoms with Crippen molar-refractivity contribution in [3.63, 3.8) is 0 Å². The summed E-state index contributed by atoms with van der Waals surface area (Å²) < 4.78 is 21.3. The fraction of sp³-hybridized carbons (Fsp3) is 0.120. The Labute approximate surface area is 189 Å². The molecule has 2 amide bonds. The first-order valence-corrected chi connectivity index (χ1v) is 10.3. The lowest BCUT2D eigenvalue weighted by Crippen LogP contribution is -2.36. The summed E-state index contributed by atoms with van der Waals surface area (Å²) in [5, 5.41) is 5.61. The van der Waals surface area contributed by atoms with Gasteiger partial charge in [0.1, 0.15) is 6.04 Å². The topological polar surface area (TPSA) is 95.1 Å². The van der Waals surface area contributed by atoms with Crippen molar-refractivity contribution in [2.75, 3.05) is 18.9 Å². The monoisotopic (exact) mass is 444 g/mol. The normalized spacial score (nSPS) is 14.2. The zero-order valence-corrected chi connectivity index (χ0v) is 17.4. The molecule has 2 heterocycles. The summed E-state index contributed by atoms with van der Waals surface area (Å²) in [6.45, 7) is 0.325. The van der Waals surface area contributed by atoms with Crippen molar-refractivity contribution in [1.82, 2.24) is 5.32 Å². The zero-order valence-electron chi connectivity index (χ0n) is 17.4. The number of amides is 2. The minimum Gasteiger partial charge on any atom is -0.454 e. The van der Waals surface area contributed by atoms with Crippen LogP contribution in [0.3, 0.4) is 0 Å². The molecule has 2 aliphatic heterocycles. The SMILES string of the molecule is O=C(C=Cc1ccc2c(c1)OCO2)NC(C(=O)Nc1ccc2c(c1)OCO2)c1ccccc1. The molecule has 3 aromatic rings. The van der Waals surface area contributed by atoms with Crippen molar-refractivity contribution in [2.24, 2.45) is 0 Å². The highest BCUT2D eigenvalue weighted by Gasteiger charge is 2.23. The number of hydrogen-bond donors (Lipinski definition) is 2. The minimum atomic E-state index is -0.898. The molecule has 0 fully saturated rings. The molecule has 0 spiro atoms. The molecule has 3 aromatic carbocycles. The maximum Gasteiger partial charge on any atom is 0.251 e. The van der Waals surface area contributed by atoms with E-state index in [9.17, 15) is 9.59 Å². The highest BCUT2D eigenvalue weighted by atomic mass is 16.7. The van der Waals surface area contributed by atoms with Gasteiger partial charge in [-0.05, 0) is 41.5 Å². The van der Waals surface area contributed by atoms with Gasteiger partial charge in [-0.25, -0.2) is 0 Å². The molecule has 33 heavy (non-hydrogen) atoms. The summed E-state index contributed by atoms with van der Waals surface area (Å²) >= 11 is 0. The van der Waals surface area contributed by atoms with E-state index in [0.717, 1.165) is 5.56 Å². The van der Waals surface area contributed by atoms with Crippen molar-refractivity contribution in [3.05, 3.63) is 83.9 Å². The van der Waals surface area contributed by atoms with Gasteiger partial charge < -0.3 is 29.6 Å². The van der Waals surface area contributed by atoms with Crippen molar-refractivity contribution < 1.29 is 28.5 Å². The Bertz CT molecular complexity index is 1220. The van der Waals surface area contributed by atoms with E-state index in [4.69, 9.17) is 18.9 Å². The molecular weight excluding hydrogens is 424 g/mol. The van der Waals surface area contributed by atoms with Crippen molar-refractivity contribution in [1.29, 1.82) is 0 Å². The first-order chi connectivity index (χ1) is 16.2. The van der Waals surface area contributed by atoms with E-state index >= 15 is 0 Å². The average molecular weight is 444 g/mol. The van der Waals surface area contributed by atoms with E-state index in [1.807, 2.05) is 24.3 Å². The molecule has 2 N–H and O–H groups in total. The summed E-state index contributed by atoms with van der Waals surface area (Å²) in [6.07, 6.45) is 3.02. The highest BCUT2D eigenvalue weighted by molar-refractivity contribution is 6.00. The van der Waals surface area contributed by atoms with Crippen LogP contribution in [0.25, 0.3) is 6.08 Å². The number of fused-ring (bicyclic) bond motifs is 2. The molecule has 0 aliphatic carbocycles. The molecule has 0 saturated carbocycles. The molecule has 1 atom stereocenters. The first kappa shape index (κ1) is 20.4. The average Bonchev–Trinajstić information content (AvgIpc) is 3.50. The van der Waals surface area contributed by atoms with Gasteiger partial charge in [0.25, 0.3) is 5.91 Å². The molecule has 8 nitrogen and oxygen atoms in total. The first-order valence-electron chi connectivity index (χ1n) is 10.3. The third kappa shape index (κ3) is 4.59. The van der Waals surface area contributed by atoms with Crippen molar-refractivity contribution >= 4 is 23.6 Å². The lowest BCUT2D eigenvalue weighted by Gasteiger charge is -2.18. The number of carbonyl (C=O) groups excluding carboxylic acids is 2. The number of anilines is 1. The fourth-order valence-corrected chi connectivity index (χ4v) is 3.51. The number of carbonyl (C=O) groups is 2. The number of hydrogen-bond acceptors (Lipinski definition) is 6. The second-order valence-electron chi connectivity index (χ2n) is 7.36. The summed E-state index contributed by atoms with van der Waals surface area (Å²) in [7, 11) is 0. The fourth-order valence-electron chi connectivity index (χ4n) is 3.51. The number of ether oxygens (including phenoxy) is 4. The Morgan fingerprint density at radius 3 is 2.21 bits per heavy atom. The van der Waals surface area contributed by atoms with Crippen molar-refractivity contribution in [2.45, 2.75) is 6.04 Å². The Balaban J connectivity index is 1.31. The Morgan fingerprint density at radius 2 is 1.45 bits per heavy atom. The lowest BCUT2D eigenvalue weighted by atomic mass is 10.1. The predicted molar refractivity (Wildman–Crippen MR) is 120 cm³/mol. The van der Waals surface area contributed by atoms with E-state index in [2.05, 4.69) is 10.6 Å². The molecule has 0 saturated heterocycles. The van der Waals surface area contributed by atoms with Crippen LogP contribution in [0.1, 0.15) is 17.2 Å². The lowest BCUT2D eigenvalue weighted by molar-refractivity contribution is -0.123. The number of nitrogens with one attached hydrogen (secondary N) is 2. The predicted octanol–water partition coefficient (Wildman–Crippen LogP) is 3.65. The second-order valence-corrected chi connectivity index (χ2v) is 7.36. The molecule has 0 bridgehead atoms. The smallest absolute Gasteiger partial charge is 0.251 e. The number of benzene rings is 3. The maximum atomic E-state index is 13.1. The standard InChI is InChI=1S/C25H20N2O6/c28-23(11-7-16-6-9-19-21(12-16)32-14-30-19)27-24(17-4-2-1-3-5-17)25(29)26-18-8-10-20-22(13-18)33-15-31-20/h1-13,24H,14-15H2,(H,26,29)(H,27,28). The molecule has 1 unspecified atom stereocenters. The van der Waals surface area contributed by atoms with Gasteiger partial charge >= 0.3 is 0 Å². The van der Waals surface area contributed by atoms with Crippen LogP contribution in [0.4, 0.5) is 5.69 Å². The van der Waals surface area contributed by atoms with Crippen LogP contribution in [0, 0.1) is 0 Å². The second kappa shape index (κ2) is 8.96. The van der Waals surface area contributed by atoms with E-state index in [1.54, 1.807) is 48.5 Å². The van der Waals surface area contributed by atoms with Crippen LogP contribution >= 0.6 is 0 Å².